The highest BCUT2D eigenvalue weighted by atomic mass is 16.5. The van der Waals surface area contributed by atoms with Crippen LogP contribution in [0.5, 0.6) is 11.5 Å². The second-order valence-electron chi connectivity index (χ2n) is 3.43. The van der Waals surface area contributed by atoms with Crippen LogP contribution in [0, 0.1) is 6.92 Å². The molecule has 0 saturated heterocycles. The summed E-state index contributed by atoms with van der Waals surface area (Å²) in [6.45, 7) is 4.35. The highest BCUT2D eigenvalue weighted by Gasteiger charge is 2.11. The van der Waals surface area contributed by atoms with Crippen molar-refractivity contribution in [3.05, 3.63) is 23.3 Å². The Morgan fingerprint density at radius 3 is 2.56 bits per heavy atom. The van der Waals surface area contributed by atoms with Gasteiger partial charge in [0, 0.05) is 5.56 Å². The Morgan fingerprint density at radius 1 is 1.38 bits per heavy atom. The molecule has 1 aromatic rings. The molecule has 0 aliphatic heterocycles. The predicted octanol–water partition coefficient (Wildman–Crippen LogP) is 2.03. The minimum Gasteiger partial charge on any atom is -0.496 e. The molecule has 16 heavy (non-hydrogen) atoms. The van der Waals surface area contributed by atoms with E-state index in [1.807, 2.05) is 13.8 Å². The minimum atomic E-state index is -0.885. The van der Waals surface area contributed by atoms with Crippen molar-refractivity contribution < 1.29 is 19.4 Å². The molecule has 0 saturated carbocycles. The van der Waals surface area contributed by atoms with Crippen LogP contribution in [-0.4, -0.2) is 24.8 Å². The molecule has 4 heteroatoms. The molecule has 0 heterocycles. The van der Waals surface area contributed by atoms with E-state index in [2.05, 4.69) is 0 Å². The second-order valence-corrected chi connectivity index (χ2v) is 3.43. The monoisotopic (exact) mass is 224 g/mol. The smallest absolute Gasteiger partial charge is 0.307 e. The predicted molar refractivity (Wildman–Crippen MR) is 60.2 cm³/mol. The van der Waals surface area contributed by atoms with Crippen LogP contribution in [0.2, 0.25) is 0 Å². The highest BCUT2D eigenvalue weighted by Crippen LogP contribution is 2.28. The van der Waals surface area contributed by atoms with Gasteiger partial charge in [-0.3, -0.25) is 4.79 Å². The summed E-state index contributed by atoms with van der Waals surface area (Å²) < 4.78 is 10.6. The topological polar surface area (TPSA) is 55.8 Å². The molecule has 0 spiro atoms. The van der Waals surface area contributed by atoms with Gasteiger partial charge in [0.2, 0.25) is 0 Å². The van der Waals surface area contributed by atoms with Gasteiger partial charge in [0.15, 0.2) is 0 Å². The number of benzene rings is 1. The first-order valence-corrected chi connectivity index (χ1v) is 5.10. The third kappa shape index (κ3) is 2.89. The molecule has 1 aromatic carbocycles. The van der Waals surface area contributed by atoms with Crippen LogP contribution in [0.3, 0.4) is 0 Å². The summed E-state index contributed by atoms with van der Waals surface area (Å²) in [5.74, 6) is 0.410. The maximum Gasteiger partial charge on any atom is 0.307 e. The van der Waals surface area contributed by atoms with Crippen LogP contribution in [0.15, 0.2) is 12.1 Å². The van der Waals surface area contributed by atoms with Crippen LogP contribution in [-0.2, 0) is 11.2 Å². The van der Waals surface area contributed by atoms with Crippen molar-refractivity contribution in [3.63, 3.8) is 0 Å². The van der Waals surface area contributed by atoms with Crippen molar-refractivity contribution in [1.82, 2.24) is 0 Å². The summed E-state index contributed by atoms with van der Waals surface area (Å²) in [5, 5.41) is 8.78. The van der Waals surface area contributed by atoms with Gasteiger partial charge >= 0.3 is 5.97 Å². The van der Waals surface area contributed by atoms with Gasteiger partial charge in [-0.05, 0) is 31.5 Å². The average Bonchev–Trinajstić information content (AvgIpc) is 2.22. The lowest BCUT2D eigenvalue weighted by molar-refractivity contribution is -0.136. The third-order valence-electron chi connectivity index (χ3n) is 2.22. The van der Waals surface area contributed by atoms with Gasteiger partial charge in [-0.2, -0.15) is 0 Å². The normalized spacial score (nSPS) is 9.94. The lowest BCUT2D eigenvalue weighted by atomic mass is 10.1. The molecular weight excluding hydrogens is 208 g/mol. The van der Waals surface area contributed by atoms with Gasteiger partial charge in [-0.25, -0.2) is 0 Å². The maximum atomic E-state index is 10.7. The molecular formula is C12H16O4. The van der Waals surface area contributed by atoms with Crippen molar-refractivity contribution in [2.75, 3.05) is 13.7 Å². The fraction of sp³-hybridized carbons (Fsp3) is 0.417. The zero-order chi connectivity index (χ0) is 12.1. The standard InChI is InChI=1S/C12H16O4/c1-4-16-10-6-9(7-12(13)14)11(15-3)5-8(10)2/h5-6H,4,7H2,1-3H3,(H,13,14). The highest BCUT2D eigenvalue weighted by molar-refractivity contribution is 5.72. The Kier molecular flexibility index (Phi) is 4.17. The first kappa shape index (κ1) is 12.4. The number of carbonyl (C=O) groups is 1. The molecule has 0 bridgehead atoms. The van der Waals surface area contributed by atoms with E-state index in [1.165, 1.54) is 7.11 Å². The fourth-order valence-electron chi connectivity index (χ4n) is 1.51. The Hall–Kier alpha value is -1.71. The van der Waals surface area contributed by atoms with Gasteiger partial charge in [0.1, 0.15) is 11.5 Å². The van der Waals surface area contributed by atoms with E-state index in [9.17, 15) is 4.79 Å². The number of hydrogen-bond acceptors (Lipinski definition) is 3. The summed E-state index contributed by atoms with van der Waals surface area (Å²) in [4.78, 5) is 10.7. The molecule has 0 aromatic heterocycles. The molecule has 0 amide bonds. The number of aryl methyl sites for hydroxylation is 1. The van der Waals surface area contributed by atoms with Crippen molar-refractivity contribution in [2.24, 2.45) is 0 Å². The number of hydrogen-bond donors (Lipinski definition) is 1. The molecule has 1 N–H and O–H groups in total. The van der Waals surface area contributed by atoms with E-state index < -0.39 is 5.97 Å². The molecule has 0 unspecified atom stereocenters. The van der Waals surface area contributed by atoms with Crippen LogP contribution < -0.4 is 9.47 Å². The molecule has 4 nitrogen and oxygen atoms in total. The SMILES string of the molecule is CCOc1cc(CC(=O)O)c(OC)cc1C. The van der Waals surface area contributed by atoms with Crippen LogP contribution in [0.25, 0.3) is 0 Å². The molecule has 1 rings (SSSR count). The van der Waals surface area contributed by atoms with Crippen LogP contribution in [0.1, 0.15) is 18.1 Å². The Balaban J connectivity index is 3.12. The van der Waals surface area contributed by atoms with Crippen LogP contribution >= 0.6 is 0 Å². The van der Waals surface area contributed by atoms with E-state index in [0.717, 1.165) is 5.56 Å². The van der Waals surface area contributed by atoms with Crippen molar-refractivity contribution in [2.45, 2.75) is 20.3 Å². The lowest BCUT2D eigenvalue weighted by Gasteiger charge is -2.12. The Bertz CT molecular complexity index is 385. The summed E-state index contributed by atoms with van der Waals surface area (Å²) in [6.07, 6.45) is -0.0659. The number of carboxylic acid groups (broad SMARTS) is 1. The van der Waals surface area contributed by atoms with Gasteiger partial charge in [-0.1, -0.05) is 0 Å². The van der Waals surface area contributed by atoms with E-state index in [4.69, 9.17) is 14.6 Å². The maximum absolute atomic E-state index is 10.7. The third-order valence-corrected chi connectivity index (χ3v) is 2.22. The molecule has 88 valence electrons. The summed E-state index contributed by atoms with van der Waals surface area (Å²) in [5.41, 5.74) is 1.57. The molecule has 0 atom stereocenters. The fourth-order valence-corrected chi connectivity index (χ4v) is 1.51. The van der Waals surface area contributed by atoms with Gasteiger partial charge in [0.25, 0.3) is 0 Å². The van der Waals surface area contributed by atoms with E-state index in [-0.39, 0.29) is 6.42 Å². The first-order chi connectivity index (χ1) is 7.58. The quantitative estimate of drug-likeness (QED) is 0.831. The summed E-state index contributed by atoms with van der Waals surface area (Å²) in [6, 6.07) is 3.52. The zero-order valence-corrected chi connectivity index (χ0v) is 9.74. The first-order valence-electron chi connectivity index (χ1n) is 5.10. The number of rotatable bonds is 5. The van der Waals surface area contributed by atoms with Gasteiger partial charge < -0.3 is 14.6 Å². The molecule has 0 radical (unpaired) electrons. The summed E-state index contributed by atoms with van der Waals surface area (Å²) >= 11 is 0. The largest absolute Gasteiger partial charge is 0.496 e. The Morgan fingerprint density at radius 2 is 2.06 bits per heavy atom. The minimum absolute atomic E-state index is 0.0659. The second kappa shape index (κ2) is 5.39. The van der Waals surface area contributed by atoms with Gasteiger partial charge in [0.05, 0.1) is 20.1 Å². The number of methoxy groups -OCH3 is 1. The molecule has 0 aliphatic carbocycles. The van der Waals surface area contributed by atoms with E-state index in [0.29, 0.717) is 23.7 Å². The van der Waals surface area contributed by atoms with Crippen LogP contribution in [0.4, 0.5) is 0 Å². The number of aliphatic carboxylic acids is 1. The van der Waals surface area contributed by atoms with Crippen molar-refractivity contribution in [1.29, 1.82) is 0 Å². The molecule has 0 aliphatic rings. The number of ether oxygens (including phenoxy) is 2. The van der Waals surface area contributed by atoms with Crippen molar-refractivity contribution in [3.8, 4) is 11.5 Å². The van der Waals surface area contributed by atoms with E-state index >= 15 is 0 Å². The lowest BCUT2D eigenvalue weighted by Crippen LogP contribution is -2.04. The van der Waals surface area contributed by atoms with Gasteiger partial charge in [-0.15, -0.1) is 0 Å². The molecule has 0 fully saturated rings. The van der Waals surface area contributed by atoms with Crippen molar-refractivity contribution >= 4 is 5.97 Å². The Labute approximate surface area is 94.8 Å². The zero-order valence-electron chi connectivity index (χ0n) is 9.74. The number of carboxylic acids is 1. The summed E-state index contributed by atoms with van der Waals surface area (Å²) in [7, 11) is 1.53. The van der Waals surface area contributed by atoms with E-state index in [1.54, 1.807) is 12.1 Å². The average molecular weight is 224 g/mol.